The molecule has 0 spiro atoms. The van der Waals surface area contributed by atoms with Crippen LogP contribution < -0.4 is 4.74 Å². The van der Waals surface area contributed by atoms with Gasteiger partial charge in [-0.2, -0.15) is 0 Å². The Morgan fingerprint density at radius 3 is 2.92 bits per heavy atom. The van der Waals surface area contributed by atoms with Gasteiger partial charge in [0.25, 0.3) is 0 Å². The van der Waals surface area contributed by atoms with Crippen LogP contribution in [0.25, 0.3) is 0 Å². The molecule has 5 heteroatoms. The summed E-state index contributed by atoms with van der Waals surface area (Å²) < 4.78 is 5.67. The lowest BCUT2D eigenvalue weighted by Gasteiger charge is -2.44. The standard InChI is InChI=1S/C21H24N2O3/c1-3-10-26-14-5-7-15-13(11-14)4-6-17-16(15)8-9-21(2)18(17)12-19(22-24)20(21)23-25/h3,5-7,11,16,18,24-25H,1,4,8-10,12H2,2H3/b22-19+,23-20+/t16-,18+,21-/m1/s1. The molecule has 0 unspecified atom stereocenters. The van der Waals surface area contributed by atoms with Gasteiger partial charge >= 0.3 is 0 Å². The predicted octanol–water partition coefficient (Wildman–Crippen LogP) is 4.30. The summed E-state index contributed by atoms with van der Waals surface area (Å²) >= 11 is 0. The minimum atomic E-state index is -0.261. The molecule has 0 radical (unpaired) electrons. The third-order valence-corrected chi connectivity index (χ3v) is 6.37. The number of hydrogen-bond donors (Lipinski definition) is 2. The summed E-state index contributed by atoms with van der Waals surface area (Å²) in [7, 11) is 0. The molecule has 0 aliphatic heterocycles. The van der Waals surface area contributed by atoms with Crippen molar-refractivity contribution < 1.29 is 15.2 Å². The van der Waals surface area contributed by atoms with E-state index in [1.807, 2.05) is 6.07 Å². The van der Waals surface area contributed by atoms with Gasteiger partial charge in [-0.25, -0.2) is 0 Å². The Morgan fingerprint density at radius 2 is 2.19 bits per heavy atom. The average molecular weight is 352 g/mol. The van der Waals surface area contributed by atoms with Crippen LogP contribution in [0, 0.1) is 11.3 Å². The monoisotopic (exact) mass is 352 g/mol. The molecule has 3 aliphatic carbocycles. The minimum Gasteiger partial charge on any atom is -0.490 e. The lowest BCUT2D eigenvalue weighted by atomic mass is 9.60. The largest absolute Gasteiger partial charge is 0.490 e. The fourth-order valence-electron chi connectivity index (χ4n) is 5.09. The smallest absolute Gasteiger partial charge is 0.120 e. The summed E-state index contributed by atoms with van der Waals surface area (Å²) in [4.78, 5) is 0. The molecule has 2 fully saturated rings. The first-order valence-electron chi connectivity index (χ1n) is 9.12. The Bertz CT molecular complexity index is 840. The Morgan fingerprint density at radius 1 is 1.35 bits per heavy atom. The van der Waals surface area contributed by atoms with Crippen molar-refractivity contribution in [3.63, 3.8) is 0 Å². The lowest BCUT2D eigenvalue weighted by molar-refractivity contribution is 0.244. The maximum absolute atomic E-state index is 9.48. The van der Waals surface area contributed by atoms with Crippen LogP contribution in [0.1, 0.15) is 43.2 Å². The van der Waals surface area contributed by atoms with Gasteiger partial charge in [0.2, 0.25) is 0 Å². The Balaban J connectivity index is 1.68. The normalized spacial score (nSPS) is 32.6. The van der Waals surface area contributed by atoms with E-state index in [1.54, 1.807) is 6.08 Å². The molecular formula is C21H24N2O3. The van der Waals surface area contributed by atoms with Crippen LogP contribution in [0.3, 0.4) is 0 Å². The summed E-state index contributed by atoms with van der Waals surface area (Å²) in [6.07, 6.45) is 7.48. The van der Waals surface area contributed by atoms with E-state index in [2.05, 4.69) is 42.0 Å². The summed E-state index contributed by atoms with van der Waals surface area (Å²) in [5.41, 5.74) is 4.87. The van der Waals surface area contributed by atoms with Crippen LogP contribution in [0.5, 0.6) is 5.75 Å². The quantitative estimate of drug-likeness (QED) is 0.484. The number of oxime groups is 2. The van der Waals surface area contributed by atoms with Crippen molar-refractivity contribution in [2.45, 2.75) is 38.5 Å². The van der Waals surface area contributed by atoms with Crippen molar-refractivity contribution in [2.75, 3.05) is 6.61 Å². The molecule has 5 nitrogen and oxygen atoms in total. The van der Waals surface area contributed by atoms with Gasteiger partial charge in [0.15, 0.2) is 0 Å². The van der Waals surface area contributed by atoms with E-state index in [4.69, 9.17) is 4.74 Å². The highest BCUT2D eigenvalue weighted by Gasteiger charge is 2.54. The van der Waals surface area contributed by atoms with Gasteiger partial charge in [-0.3, -0.25) is 0 Å². The topological polar surface area (TPSA) is 74.4 Å². The fourth-order valence-corrected chi connectivity index (χ4v) is 5.09. The molecule has 0 bridgehead atoms. The fraction of sp³-hybridized carbons (Fsp3) is 0.429. The first kappa shape index (κ1) is 16.9. The second kappa shape index (κ2) is 6.31. The number of nitrogens with zero attached hydrogens (tertiary/aromatic N) is 2. The first-order valence-corrected chi connectivity index (χ1v) is 9.12. The number of ether oxygens (including phenoxy) is 1. The maximum Gasteiger partial charge on any atom is 0.120 e. The lowest BCUT2D eigenvalue weighted by Crippen LogP contribution is -2.38. The van der Waals surface area contributed by atoms with Crippen molar-refractivity contribution in [3.05, 3.63) is 53.6 Å². The molecule has 0 heterocycles. The molecule has 136 valence electrons. The minimum absolute atomic E-state index is 0.225. The molecule has 3 aliphatic rings. The first-order chi connectivity index (χ1) is 12.6. The van der Waals surface area contributed by atoms with Crippen molar-refractivity contribution >= 4 is 11.4 Å². The summed E-state index contributed by atoms with van der Waals surface area (Å²) in [5, 5.41) is 25.7. The van der Waals surface area contributed by atoms with Crippen molar-refractivity contribution in [1.29, 1.82) is 0 Å². The molecule has 0 saturated heterocycles. The zero-order valence-electron chi connectivity index (χ0n) is 15.0. The number of benzene rings is 1. The van der Waals surface area contributed by atoms with Crippen LogP contribution in [-0.2, 0) is 6.42 Å². The highest BCUT2D eigenvalue weighted by atomic mass is 16.5. The van der Waals surface area contributed by atoms with Crippen molar-refractivity contribution in [2.24, 2.45) is 21.6 Å². The van der Waals surface area contributed by atoms with Crippen LogP contribution >= 0.6 is 0 Å². The third-order valence-electron chi connectivity index (χ3n) is 6.37. The zero-order valence-corrected chi connectivity index (χ0v) is 15.0. The molecule has 0 amide bonds. The molecule has 1 aromatic carbocycles. The summed E-state index contributed by atoms with van der Waals surface area (Å²) in [6.45, 7) is 6.33. The van der Waals surface area contributed by atoms with Gasteiger partial charge in [0.1, 0.15) is 23.8 Å². The van der Waals surface area contributed by atoms with Crippen LogP contribution in [0.4, 0.5) is 0 Å². The van der Waals surface area contributed by atoms with Crippen LogP contribution in [-0.4, -0.2) is 28.4 Å². The molecule has 0 aromatic heterocycles. The van der Waals surface area contributed by atoms with Gasteiger partial charge in [-0.15, -0.1) is 0 Å². The molecule has 1 aromatic rings. The Labute approximate surface area is 153 Å². The van der Waals surface area contributed by atoms with Crippen LogP contribution in [0.15, 0.2) is 52.8 Å². The van der Waals surface area contributed by atoms with Gasteiger partial charge in [0.05, 0.1) is 0 Å². The third kappa shape index (κ3) is 2.37. The second-order valence-electron chi connectivity index (χ2n) is 7.63. The number of allylic oxidation sites excluding steroid dienone is 2. The second-order valence-corrected chi connectivity index (χ2v) is 7.63. The van der Waals surface area contributed by atoms with Gasteiger partial charge in [-0.1, -0.05) is 47.6 Å². The summed E-state index contributed by atoms with van der Waals surface area (Å²) in [5.74, 6) is 1.48. The number of fused-ring (bicyclic) bond motifs is 5. The predicted molar refractivity (Wildman–Crippen MR) is 101 cm³/mol. The van der Waals surface area contributed by atoms with E-state index in [0.717, 1.165) is 25.0 Å². The molecule has 2 saturated carbocycles. The van der Waals surface area contributed by atoms with E-state index in [-0.39, 0.29) is 11.3 Å². The van der Waals surface area contributed by atoms with E-state index < -0.39 is 0 Å². The van der Waals surface area contributed by atoms with Crippen molar-refractivity contribution in [3.8, 4) is 5.75 Å². The van der Waals surface area contributed by atoms with E-state index in [0.29, 0.717) is 30.4 Å². The van der Waals surface area contributed by atoms with E-state index >= 15 is 0 Å². The number of rotatable bonds is 3. The zero-order chi connectivity index (χ0) is 18.3. The molecular weight excluding hydrogens is 328 g/mol. The molecule has 4 rings (SSSR count). The maximum atomic E-state index is 9.48. The average Bonchev–Trinajstić information content (AvgIpc) is 2.97. The van der Waals surface area contributed by atoms with E-state index in [9.17, 15) is 10.4 Å². The molecule has 26 heavy (non-hydrogen) atoms. The molecule has 3 atom stereocenters. The van der Waals surface area contributed by atoms with Crippen LogP contribution in [0.2, 0.25) is 0 Å². The van der Waals surface area contributed by atoms with E-state index in [1.165, 1.54) is 16.7 Å². The number of hydrogen-bond acceptors (Lipinski definition) is 5. The van der Waals surface area contributed by atoms with Gasteiger partial charge < -0.3 is 15.2 Å². The van der Waals surface area contributed by atoms with Gasteiger partial charge in [-0.05, 0) is 48.4 Å². The highest BCUT2D eigenvalue weighted by Crippen LogP contribution is 2.57. The summed E-state index contributed by atoms with van der Waals surface area (Å²) in [6, 6.07) is 6.36. The Kier molecular flexibility index (Phi) is 4.10. The van der Waals surface area contributed by atoms with Crippen molar-refractivity contribution in [1.82, 2.24) is 0 Å². The Hall–Kier alpha value is -2.56. The van der Waals surface area contributed by atoms with Gasteiger partial charge in [0, 0.05) is 17.8 Å². The SMILES string of the molecule is C=CCOc1ccc2c(c1)CC=C1[C@@H]2CC[C@@]2(C)C(=N/O)/C(=N/O)C[C@@H]12. The molecule has 2 N–H and O–H groups in total. The highest BCUT2D eigenvalue weighted by molar-refractivity contribution is 6.46.